The van der Waals surface area contributed by atoms with E-state index in [1.807, 2.05) is 0 Å². The zero-order valence-corrected chi connectivity index (χ0v) is 11.1. The summed E-state index contributed by atoms with van der Waals surface area (Å²) in [4.78, 5) is 2.31. The van der Waals surface area contributed by atoms with Crippen molar-refractivity contribution in [3.63, 3.8) is 0 Å². The fourth-order valence-electron chi connectivity index (χ4n) is 2.01. The molecule has 0 amide bonds. The molecule has 0 atom stereocenters. The van der Waals surface area contributed by atoms with Gasteiger partial charge in [-0.3, -0.25) is 0 Å². The van der Waals surface area contributed by atoms with Crippen molar-refractivity contribution in [3.05, 3.63) is 18.2 Å². The first kappa shape index (κ1) is 13.1. The van der Waals surface area contributed by atoms with E-state index in [1.165, 1.54) is 7.05 Å². The highest BCUT2D eigenvalue weighted by Gasteiger charge is 2.17. The Kier molecular flexibility index (Phi) is 3.74. The van der Waals surface area contributed by atoms with Gasteiger partial charge in [-0.05, 0) is 25.2 Å². The van der Waals surface area contributed by atoms with Gasteiger partial charge >= 0.3 is 0 Å². The van der Waals surface area contributed by atoms with Crippen molar-refractivity contribution in [2.24, 2.45) is 0 Å². The van der Waals surface area contributed by atoms with Crippen LogP contribution in [-0.2, 0) is 10.0 Å². The van der Waals surface area contributed by atoms with Crippen molar-refractivity contribution in [1.29, 1.82) is 0 Å². The zero-order valence-electron chi connectivity index (χ0n) is 10.3. The molecule has 1 aliphatic heterocycles. The molecule has 0 spiro atoms. The highest BCUT2D eigenvalue weighted by atomic mass is 32.2. The fourth-order valence-corrected chi connectivity index (χ4v) is 2.85. The van der Waals surface area contributed by atoms with Crippen LogP contribution >= 0.6 is 0 Å². The number of rotatable bonds is 3. The number of anilines is 2. The second kappa shape index (κ2) is 5.13. The van der Waals surface area contributed by atoms with E-state index in [0.29, 0.717) is 0 Å². The van der Waals surface area contributed by atoms with Gasteiger partial charge in [-0.25, -0.2) is 13.1 Å². The average Bonchev–Trinajstić information content (AvgIpc) is 2.39. The van der Waals surface area contributed by atoms with Gasteiger partial charge in [0.05, 0.1) is 5.69 Å². The molecule has 0 unspecified atom stereocenters. The largest absolute Gasteiger partial charge is 0.398 e. The summed E-state index contributed by atoms with van der Waals surface area (Å²) in [6, 6.07) is 5.07. The first-order valence-corrected chi connectivity index (χ1v) is 7.31. The van der Waals surface area contributed by atoms with E-state index in [1.54, 1.807) is 18.2 Å². The molecule has 1 aromatic carbocycles. The molecule has 0 bridgehead atoms. The number of nitrogens with two attached hydrogens (primary N) is 1. The Balaban J connectivity index is 2.30. The summed E-state index contributed by atoms with van der Waals surface area (Å²) in [5, 5.41) is 3.27. The monoisotopic (exact) mass is 270 g/mol. The van der Waals surface area contributed by atoms with E-state index < -0.39 is 10.0 Å². The molecule has 7 heteroatoms. The van der Waals surface area contributed by atoms with Crippen LogP contribution in [0.2, 0.25) is 0 Å². The van der Waals surface area contributed by atoms with Crippen molar-refractivity contribution in [2.75, 3.05) is 43.9 Å². The molecule has 1 fully saturated rings. The Labute approximate surface area is 107 Å². The van der Waals surface area contributed by atoms with Gasteiger partial charge in [0.25, 0.3) is 0 Å². The Morgan fingerprint density at radius 2 is 2.00 bits per heavy atom. The first-order valence-electron chi connectivity index (χ1n) is 5.83. The van der Waals surface area contributed by atoms with Crippen LogP contribution in [0.15, 0.2) is 23.1 Å². The molecule has 1 heterocycles. The molecule has 6 nitrogen and oxygen atoms in total. The number of hydrogen-bond donors (Lipinski definition) is 3. The lowest BCUT2D eigenvalue weighted by Gasteiger charge is -2.29. The molecule has 0 aromatic heterocycles. The number of nitrogens with zero attached hydrogens (tertiary/aromatic N) is 1. The van der Waals surface area contributed by atoms with Crippen molar-refractivity contribution < 1.29 is 8.42 Å². The van der Waals surface area contributed by atoms with Gasteiger partial charge in [0.15, 0.2) is 0 Å². The van der Waals surface area contributed by atoms with Crippen LogP contribution in [0.4, 0.5) is 11.4 Å². The number of nitrogen functional groups attached to an aromatic ring is 1. The number of benzene rings is 1. The van der Waals surface area contributed by atoms with E-state index in [4.69, 9.17) is 5.73 Å². The number of hydrogen-bond acceptors (Lipinski definition) is 5. The zero-order chi connectivity index (χ0) is 13.2. The minimum atomic E-state index is -3.48. The van der Waals surface area contributed by atoms with Gasteiger partial charge in [-0.1, -0.05) is 0 Å². The lowest BCUT2D eigenvalue weighted by molar-refractivity contribution is 0.586. The van der Waals surface area contributed by atoms with Crippen LogP contribution in [0.5, 0.6) is 0 Å². The summed E-state index contributed by atoms with van der Waals surface area (Å²) < 4.78 is 25.7. The second-order valence-electron chi connectivity index (χ2n) is 4.17. The molecule has 18 heavy (non-hydrogen) atoms. The van der Waals surface area contributed by atoms with E-state index in [2.05, 4.69) is 14.9 Å². The maximum Gasteiger partial charge on any atom is 0.242 e. The van der Waals surface area contributed by atoms with E-state index in [0.717, 1.165) is 31.9 Å². The van der Waals surface area contributed by atoms with Crippen LogP contribution in [0.1, 0.15) is 0 Å². The molecule has 100 valence electrons. The van der Waals surface area contributed by atoms with Crippen LogP contribution in [-0.4, -0.2) is 41.6 Å². The maximum atomic E-state index is 11.7. The van der Waals surface area contributed by atoms with Crippen molar-refractivity contribution in [1.82, 2.24) is 10.0 Å². The standard InChI is InChI=1S/C11H18N4O2S/c1-13-18(16,17)11-3-2-9(8-10(11)12)15-6-4-14-5-7-15/h2-3,8,13-14H,4-7,12H2,1H3. The van der Waals surface area contributed by atoms with Gasteiger partial charge in [0.2, 0.25) is 10.0 Å². The summed E-state index contributed by atoms with van der Waals surface area (Å²) in [6.07, 6.45) is 0. The number of nitrogens with one attached hydrogen (secondary N) is 2. The van der Waals surface area contributed by atoms with Crippen LogP contribution in [0.3, 0.4) is 0 Å². The fraction of sp³-hybridized carbons (Fsp3) is 0.455. The lowest BCUT2D eigenvalue weighted by Crippen LogP contribution is -2.43. The third kappa shape index (κ3) is 2.58. The molecule has 1 saturated heterocycles. The highest BCUT2D eigenvalue weighted by Crippen LogP contribution is 2.24. The molecule has 0 radical (unpaired) electrons. The normalized spacial score (nSPS) is 16.8. The Hall–Kier alpha value is -1.31. The van der Waals surface area contributed by atoms with Crippen LogP contribution < -0.4 is 20.7 Å². The molecule has 0 saturated carbocycles. The average molecular weight is 270 g/mol. The Morgan fingerprint density at radius 1 is 1.33 bits per heavy atom. The molecule has 1 aromatic rings. The molecular weight excluding hydrogens is 252 g/mol. The van der Waals surface area contributed by atoms with Gasteiger partial charge in [-0.15, -0.1) is 0 Å². The first-order chi connectivity index (χ1) is 8.54. The van der Waals surface area contributed by atoms with Crippen molar-refractivity contribution in [2.45, 2.75) is 4.90 Å². The van der Waals surface area contributed by atoms with Gasteiger partial charge < -0.3 is 16.0 Å². The van der Waals surface area contributed by atoms with Crippen molar-refractivity contribution >= 4 is 21.4 Å². The quantitative estimate of drug-likeness (QED) is 0.650. The van der Waals surface area contributed by atoms with Crippen LogP contribution in [0.25, 0.3) is 0 Å². The minimum absolute atomic E-state index is 0.129. The maximum absolute atomic E-state index is 11.7. The molecule has 4 N–H and O–H groups in total. The van der Waals surface area contributed by atoms with E-state index in [9.17, 15) is 8.42 Å². The smallest absolute Gasteiger partial charge is 0.242 e. The van der Waals surface area contributed by atoms with Gasteiger partial charge in [-0.2, -0.15) is 0 Å². The summed E-state index contributed by atoms with van der Waals surface area (Å²) in [5.41, 5.74) is 7.07. The number of sulfonamides is 1. The van der Waals surface area contributed by atoms with E-state index in [-0.39, 0.29) is 10.6 Å². The SMILES string of the molecule is CNS(=O)(=O)c1ccc(N2CCNCC2)cc1N. The summed E-state index contributed by atoms with van der Waals surface area (Å²) in [5.74, 6) is 0. The predicted octanol–water partition coefficient (Wildman–Crippen LogP) is -0.413. The molecule has 1 aliphatic rings. The van der Waals surface area contributed by atoms with Crippen molar-refractivity contribution in [3.8, 4) is 0 Å². The van der Waals surface area contributed by atoms with Gasteiger partial charge in [0.1, 0.15) is 4.90 Å². The van der Waals surface area contributed by atoms with Gasteiger partial charge in [0, 0.05) is 31.9 Å². The highest BCUT2D eigenvalue weighted by molar-refractivity contribution is 7.89. The third-order valence-electron chi connectivity index (χ3n) is 3.03. The molecule has 2 rings (SSSR count). The summed E-state index contributed by atoms with van der Waals surface area (Å²) in [6.45, 7) is 3.65. The summed E-state index contributed by atoms with van der Waals surface area (Å²) in [7, 11) is -2.11. The number of piperazine rings is 1. The van der Waals surface area contributed by atoms with Crippen LogP contribution in [0, 0.1) is 0 Å². The molecule has 0 aliphatic carbocycles. The Morgan fingerprint density at radius 3 is 2.56 bits per heavy atom. The topological polar surface area (TPSA) is 87.5 Å². The lowest BCUT2D eigenvalue weighted by atomic mass is 10.2. The summed E-state index contributed by atoms with van der Waals surface area (Å²) >= 11 is 0. The molecular formula is C11H18N4O2S. The third-order valence-corrected chi connectivity index (χ3v) is 4.52. The second-order valence-corrected chi connectivity index (χ2v) is 6.02. The van der Waals surface area contributed by atoms with E-state index >= 15 is 0 Å². The minimum Gasteiger partial charge on any atom is -0.398 e. The predicted molar refractivity (Wildman–Crippen MR) is 72.2 cm³/mol. The Bertz CT molecular complexity index is 524.